The number of hydrogen-bond acceptors (Lipinski definition) is 5. The van der Waals surface area contributed by atoms with E-state index >= 15 is 0 Å². The van der Waals surface area contributed by atoms with Gasteiger partial charge in [-0.3, -0.25) is 4.79 Å². The summed E-state index contributed by atoms with van der Waals surface area (Å²) >= 11 is 5.25. The lowest BCUT2D eigenvalue weighted by Gasteiger charge is -2.33. The Hall–Kier alpha value is -3.73. The van der Waals surface area contributed by atoms with Gasteiger partial charge < -0.3 is 10.1 Å². The fraction of sp³-hybridized carbons (Fsp3) is 0.265. The topological polar surface area (TPSA) is 74.5 Å². The molecule has 3 aromatic carbocycles. The molecular formula is C34H32BrN3O2S. The van der Waals surface area contributed by atoms with Crippen LogP contribution >= 0.6 is 27.3 Å². The number of halogens is 1. The van der Waals surface area contributed by atoms with Crippen molar-refractivity contribution in [2.75, 3.05) is 5.32 Å². The molecule has 1 heterocycles. The number of para-hydroxylation sites is 1. The molecule has 5 nitrogen and oxygen atoms in total. The summed E-state index contributed by atoms with van der Waals surface area (Å²) < 4.78 is 6.78. The van der Waals surface area contributed by atoms with E-state index in [2.05, 4.69) is 48.1 Å². The van der Waals surface area contributed by atoms with Crippen LogP contribution in [0.2, 0.25) is 0 Å². The molecular weight excluding hydrogens is 594 g/mol. The Morgan fingerprint density at radius 1 is 1.15 bits per heavy atom. The molecule has 1 N–H and O–H groups in total. The van der Waals surface area contributed by atoms with E-state index in [9.17, 15) is 10.1 Å². The van der Waals surface area contributed by atoms with Crippen LogP contribution in [0.25, 0.3) is 0 Å². The number of carbonyl (C=O) groups excluding carboxylic acids is 1. The zero-order chi connectivity index (χ0) is 29.0. The van der Waals surface area contributed by atoms with E-state index in [0.717, 1.165) is 51.1 Å². The van der Waals surface area contributed by atoms with Crippen LogP contribution in [0.5, 0.6) is 5.75 Å². The molecule has 0 aliphatic heterocycles. The molecule has 0 spiro atoms. The molecule has 1 aromatic heterocycles. The standard InChI is InChI=1S/C34H32BrN3O2S/c1-34(2,3)25-14-15-27-30(18-25)41-33(31(27)32(39)38-26-11-5-4-6-12-26)37-20-22-13-16-29(28(35)17-22)40-21-24-10-8-7-9-23(24)19-36/h4-13,16-17,20,25H,14-15,18,21H2,1-3H3,(H,38,39)/t25-/m1/s1. The fourth-order valence-corrected chi connectivity index (χ4v) is 6.89. The average molecular weight is 627 g/mol. The van der Waals surface area contributed by atoms with Crippen molar-refractivity contribution >= 4 is 50.1 Å². The highest BCUT2D eigenvalue weighted by Crippen LogP contribution is 2.45. The summed E-state index contributed by atoms with van der Waals surface area (Å²) in [5.74, 6) is 1.13. The molecule has 0 unspecified atom stereocenters. The van der Waals surface area contributed by atoms with Gasteiger partial charge >= 0.3 is 0 Å². The maximum atomic E-state index is 13.6. The lowest BCUT2D eigenvalue weighted by atomic mass is 9.72. The van der Waals surface area contributed by atoms with Crippen LogP contribution in [0.3, 0.4) is 0 Å². The molecule has 5 rings (SSSR count). The van der Waals surface area contributed by atoms with Crippen molar-refractivity contribution < 1.29 is 9.53 Å². The van der Waals surface area contributed by atoms with Crippen molar-refractivity contribution in [3.05, 3.63) is 110 Å². The number of thiophene rings is 1. The van der Waals surface area contributed by atoms with Crippen molar-refractivity contribution in [2.24, 2.45) is 16.3 Å². The van der Waals surface area contributed by atoms with Crippen molar-refractivity contribution in [1.82, 2.24) is 0 Å². The average Bonchev–Trinajstić information content (AvgIpc) is 3.33. The zero-order valence-electron chi connectivity index (χ0n) is 23.4. The number of aliphatic imine (C=N–C) groups is 1. The lowest BCUT2D eigenvalue weighted by molar-refractivity contribution is 0.102. The Morgan fingerprint density at radius 2 is 1.90 bits per heavy atom. The van der Waals surface area contributed by atoms with Crippen LogP contribution in [0.15, 0.2) is 82.3 Å². The molecule has 208 valence electrons. The van der Waals surface area contributed by atoms with Gasteiger partial charge in [0.05, 0.1) is 21.7 Å². The number of nitrogens with one attached hydrogen (secondary N) is 1. The smallest absolute Gasteiger partial charge is 0.259 e. The molecule has 1 amide bonds. The number of anilines is 1. The van der Waals surface area contributed by atoms with E-state index in [1.807, 2.05) is 66.7 Å². The molecule has 0 saturated heterocycles. The number of benzene rings is 3. The van der Waals surface area contributed by atoms with E-state index in [1.54, 1.807) is 23.6 Å². The second-order valence-corrected chi connectivity index (χ2v) is 13.3. The third-order valence-corrected chi connectivity index (χ3v) is 9.32. The number of carbonyl (C=O) groups is 1. The van der Waals surface area contributed by atoms with Crippen LogP contribution in [0, 0.1) is 22.7 Å². The van der Waals surface area contributed by atoms with Crippen LogP contribution < -0.4 is 10.1 Å². The first kappa shape index (κ1) is 28.8. The van der Waals surface area contributed by atoms with Crippen LogP contribution in [-0.4, -0.2) is 12.1 Å². The number of ether oxygens (including phenoxy) is 1. The van der Waals surface area contributed by atoms with Gasteiger partial charge in [-0.15, -0.1) is 11.3 Å². The molecule has 4 aromatic rings. The van der Waals surface area contributed by atoms with E-state index in [-0.39, 0.29) is 11.3 Å². The molecule has 41 heavy (non-hydrogen) atoms. The van der Waals surface area contributed by atoms with E-state index in [4.69, 9.17) is 9.73 Å². The van der Waals surface area contributed by atoms with Crippen LogP contribution in [0.1, 0.15) is 64.7 Å². The maximum absolute atomic E-state index is 13.6. The first-order valence-corrected chi connectivity index (χ1v) is 15.3. The summed E-state index contributed by atoms with van der Waals surface area (Å²) in [6.45, 7) is 7.19. The SMILES string of the molecule is CC(C)(C)[C@@H]1CCc2c(sc(N=Cc3ccc(OCc4ccccc4C#N)c(Br)c3)c2C(=O)Nc2ccccc2)C1. The highest BCUT2D eigenvalue weighted by atomic mass is 79.9. The van der Waals surface area contributed by atoms with Crippen molar-refractivity contribution in [2.45, 2.75) is 46.6 Å². The van der Waals surface area contributed by atoms with Gasteiger partial charge in [-0.05, 0) is 94.1 Å². The number of fused-ring (bicyclic) bond motifs is 1. The van der Waals surface area contributed by atoms with Crippen LogP contribution in [-0.2, 0) is 19.4 Å². The summed E-state index contributed by atoms with van der Waals surface area (Å²) in [6.07, 6.45) is 4.72. The third-order valence-electron chi connectivity index (χ3n) is 7.54. The minimum atomic E-state index is -0.113. The van der Waals surface area contributed by atoms with Gasteiger partial charge in [0.2, 0.25) is 0 Å². The minimum absolute atomic E-state index is 0.113. The predicted molar refractivity (Wildman–Crippen MR) is 171 cm³/mol. The summed E-state index contributed by atoms with van der Waals surface area (Å²) in [5, 5.41) is 13.2. The van der Waals surface area contributed by atoms with E-state index < -0.39 is 0 Å². The lowest BCUT2D eigenvalue weighted by Crippen LogP contribution is -2.27. The second-order valence-electron chi connectivity index (χ2n) is 11.3. The summed E-state index contributed by atoms with van der Waals surface area (Å²) in [6, 6.07) is 25.0. The molecule has 0 radical (unpaired) electrons. The Bertz CT molecular complexity index is 1630. The molecule has 1 aliphatic rings. The number of nitriles is 1. The molecule has 7 heteroatoms. The molecule has 0 bridgehead atoms. The molecule has 1 atom stereocenters. The van der Waals surface area contributed by atoms with Gasteiger partial charge in [0, 0.05) is 22.3 Å². The van der Waals surface area contributed by atoms with Crippen molar-refractivity contribution in [1.29, 1.82) is 5.26 Å². The second kappa shape index (κ2) is 12.4. The van der Waals surface area contributed by atoms with E-state index in [1.165, 1.54) is 4.88 Å². The summed E-state index contributed by atoms with van der Waals surface area (Å²) in [7, 11) is 0. The van der Waals surface area contributed by atoms with Crippen molar-refractivity contribution in [3.63, 3.8) is 0 Å². The largest absolute Gasteiger partial charge is 0.488 e. The van der Waals surface area contributed by atoms with Crippen molar-refractivity contribution in [3.8, 4) is 11.8 Å². The van der Waals surface area contributed by atoms with Crippen LogP contribution in [0.4, 0.5) is 10.7 Å². The predicted octanol–water partition coefficient (Wildman–Crippen LogP) is 9.12. The Labute approximate surface area is 254 Å². The fourth-order valence-electron chi connectivity index (χ4n) is 5.11. The molecule has 0 saturated carbocycles. The van der Waals surface area contributed by atoms with Gasteiger partial charge in [-0.25, -0.2) is 4.99 Å². The Kier molecular flexibility index (Phi) is 8.72. The van der Waals surface area contributed by atoms with Gasteiger partial charge in [-0.1, -0.05) is 57.2 Å². The van der Waals surface area contributed by atoms with Gasteiger partial charge in [-0.2, -0.15) is 5.26 Å². The normalized spacial score (nSPS) is 14.9. The van der Waals surface area contributed by atoms with Gasteiger partial charge in [0.25, 0.3) is 5.91 Å². The zero-order valence-corrected chi connectivity index (χ0v) is 25.8. The Morgan fingerprint density at radius 3 is 2.63 bits per heavy atom. The molecule has 1 aliphatic carbocycles. The molecule has 0 fully saturated rings. The first-order chi connectivity index (χ1) is 19.7. The number of rotatable bonds is 7. The van der Waals surface area contributed by atoms with E-state index in [0.29, 0.717) is 29.4 Å². The number of amides is 1. The maximum Gasteiger partial charge on any atom is 0.259 e. The third kappa shape index (κ3) is 6.78. The number of nitrogens with zero attached hydrogens (tertiary/aromatic N) is 2. The minimum Gasteiger partial charge on any atom is -0.488 e. The first-order valence-electron chi connectivity index (χ1n) is 13.7. The quantitative estimate of drug-likeness (QED) is 0.208. The monoisotopic (exact) mass is 625 g/mol. The highest BCUT2D eigenvalue weighted by molar-refractivity contribution is 9.10. The van der Waals surface area contributed by atoms with Gasteiger partial charge in [0.15, 0.2) is 0 Å². The summed E-state index contributed by atoms with van der Waals surface area (Å²) in [4.78, 5) is 19.7. The van der Waals surface area contributed by atoms with Gasteiger partial charge in [0.1, 0.15) is 17.4 Å². The number of hydrogen-bond donors (Lipinski definition) is 1. The highest BCUT2D eigenvalue weighted by Gasteiger charge is 2.33. The summed E-state index contributed by atoms with van der Waals surface area (Å²) in [5.41, 5.74) is 5.13. The Balaban J connectivity index is 1.39.